The van der Waals surface area contributed by atoms with E-state index >= 15 is 0 Å². The molecule has 58 valence electrons. The Kier molecular flexibility index (Phi) is 2.63. The van der Waals surface area contributed by atoms with Crippen molar-refractivity contribution in [2.75, 3.05) is 12.1 Å². The second kappa shape index (κ2) is 3.73. The molecular formula is C8H11N3. The van der Waals surface area contributed by atoms with Gasteiger partial charge in [-0.1, -0.05) is 18.2 Å². The molecule has 0 fully saturated rings. The molecule has 0 aliphatic carbocycles. The Morgan fingerprint density at radius 1 is 1.36 bits per heavy atom. The van der Waals surface area contributed by atoms with Crippen LogP contribution in [0.15, 0.2) is 35.3 Å². The van der Waals surface area contributed by atoms with Crippen LogP contribution >= 0.6 is 0 Å². The molecule has 0 radical (unpaired) electrons. The minimum absolute atomic E-state index is 0.929. The van der Waals surface area contributed by atoms with E-state index in [1.165, 1.54) is 5.01 Å². The monoisotopic (exact) mass is 149 g/mol. The molecule has 0 amide bonds. The van der Waals surface area contributed by atoms with Crippen molar-refractivity contribution >= 4 is 12.0 Å². The molecule has 0 aromatic heterocycles. The van der Waals surface area contributed by atoms with Gasteiger partial charge in [0.05, 0.1) is 5.69 Å². The maximum absolute atomic E-state index is 5.59. The molecule has 3 heteroatoms. The lowest BCUT2D eigenvalue weighted by Gasteiger charge is -2.10. The number of para-hydroxylation sites is 1. The molecule has 1 rings (SSSR count). The van der Waals surface area contributed by atoms with Gasteiger partial charge in [0.2, 0.25) is 0 Å². The maximum atomic E-state index is 5.59. The molecule has 0 spiro atoms. The Hall–Kier alpha value is -1.35. The highest BCUT2D eigenvalue weighted by Gasteiger charge is 1.92. The zero-order valence-corrected chi connectivity index (χ0v) is 6.44. The van der Waals surface area contributed by atoms with Crippen molar-refractivity contribution in [1.82, 2.24) is 0 Å². The van der Waals surface area contributed by atoms with E-state index in [0.29, 0.717) is 0 Å². The van der Waals surface area contributed by atoms with Gasteiger partial charge in [0.1, 0.15) is 6.34 Å². The first-order chi connectivity index (χ1) is 5.34. The number of aliphatic imine (C=N–C) groups is 1. The van der Waals surface area contributed by atoms with Gasteiger partial charge in [-0.25, -0.2) is 5.84 Å². The molecule has 2 N–H and O–H groups in total. The van der Waals surface area contributed by atoms with E-state index in [1.54, 1.807) is 13.4 Å². The van der Waals surface area contributed by atoms with Crippen molar-refractivity contribution in [3.8, 4) is 0 Å². The van der Waals surface area contributed by atoms with Gasteiger partial charge in [-0.15, -0.1) is 0 Å². The van der Waals surface area contributed by atoms with Crippen LogP contribution in [0.5, 0.6) is 0 Å². The van der Waals surface area contributed by atoms with Crippen LogP contribution < -0.4 is 10.9 Å². The van der Waals surface area contributed by atoms with Gasteiger partial charge in [0.15, 0.2) is 0 Å². The van der Waals surface area contributed by atoms with Crippen LogP contribution in [0.25, 0.3) is 0 Å². The highest BCUT2D eigenvalue weighted by molar-refractivity contribution is 5.77. The van der Waals surface area contributed by atoms with E-state index in [9.17, 15) is 0 Å². The van der Waals surface area contributed by atoms with Crippen LogP contribution in [-0.2, 0) is 0 Å². The number of hydrogen-bond donors (Lipinski definition) is 1. The smallest absolute Gasteiger partial charge is 0.104 e. The van der Waals surface area contributed by atoms with Gasteiger partial charge >= 0.3 is 0 Å². The predicted octanol–water partition coefficient (Wildman–Crippen LogP) is 1.02. The number of hydrazine groups is 1. The summed E-state index contributed by atoms with van der Waals surface area (Å²) in [4.78, 5) is 3.79. The third-order valence-electron chi connectivity index (χ3n) is 1.29. The van der Waals surface area contributed by atoms with Crippen molar-refractivity contribution in [3.05, 3.63) is 30.3 Å². The lowest BCUT2D eigenvalue weighted by atomic mass is 10.3. The van der Waals surface area contributed by atoms with Gasteiger partial charge in [-0.3, -0.25) is 10.0 Å². The Morgan fingerprint density at radius 3 is 2.55 bits per heavy atom. The Balaban J connectivity index is 2.76. The zero-order chi connectivity index (χ0) is 8.10. The van der Waals surface area contributed by atoms with Crippen molar-refractivity contribution in [2.24, 2.45) is 10.8 Å². The van der Waals surface area contributed by atoms with E-state index in [2.05, 4.69) is 4.99 Å². The summed E-state index contributed by atoms with van der Waals surface area (Å²) in [7, 11) is 1.68. The SMILES string of the molecule is CN=CN(N)c1ccccc1. The van der Waals surface area contributed by atoms with E-state index < -0.39 is 0 Å². The summed E-state index contributed by atoms with van der Waals surface area (Å²) in [5.41, 5.74) is 0.929. The normalized spacial score (nSPS) is 10.4. The van der Waals surface area contributed by atoms with Gasteiger partial charge in [-0.05, 0) is 12.1 Å². The summed E-state index contributed by atoms with van der Waals surface area (Å²) >= 11 is 0. The van der Waals surface area contributed by atoms with Gasteiger partial charge in [0.25, 0.3) is 0 Å². The van der Waals surface area contributed by atoms with Gasteiger partial charge in [0, 0.05) is 7.05 Å². The molecule has 3 nitrogen and oxygen atoms in total. The fourth-order valence-corrected chi connectivity index (χ4v) is 0.791. The largest absolute Gasteiger partial charge is 0.277 e. The summed E-state index contributed by atoms with van der Waals surface area (Å²) in [5, 5.41) is 1.47. The van der Waals surface area contributed by atoms with Crippen molar-refractivity contribution in [1.29, 1.82) is 0 Å². The van der Waals surface area contributed by atoms with Crippen LogP contribution in [0, 0.1) is 0 Å². The minimum Gasteiger partial charge on any atom is -0.277 e. The number of nitrogens with two attached hydrogens (primary N) is 1. The summed E-state index contributed by atoms with van der Waals surface area (Å²) in [6.07, 6.45) is 1.56. The molecule has 0 unspecified atom stereocenters. The Morgan fingerprint density at radius 2 is 2.00 bits per heavy atom. The molecule has 0 saturated heterocycles. The molecule has 1 aromatic rings. The number of nitrogens with zero attached hydrogens (tertiary/aromatic N) is 2. The van der Waals surface area contributed by atoms with Crippen molar-refractivity contribution < 1.29 is 0 Å². The number of benzene rings is 1. The molecule has 0 bridgehead atoms. The average molecular weight is 149 g/mol. The summed E-state index contributed by atoms with van der Waals surface area (Å²) in [5.74, 6) is 5.59. The first kappa shape index (κ1) is 7.75. The number of rotatable bonds is 2. The van der Waals surface area contributed by atoms with Crippen molar-refractivity contribution in [3.63, 3.8) is 0 Å². The summed E-state index contributed by atoms with van der Waals surface area (Å²) < 4.78 is 0. The van der Waals surface area contributed by atoms with Crippen LogP contribution in [0.1, 0.15) is 0 Å². The van der Waals surface area contributed by atoms with E-state index in [0.717, 1.165) is 5.69 Å². The molecular weight excluding hydrogens is 138 g/mol. The van der Waals surface area contributed by atoms with Crippen LogP contribution in [0.3, 0.4) is 0 Å². The summed E-state index contributed by atoms with van der Waals surface area (Å²) in [6, 6.07) is 9.64. The molecule has 1 aromatic carbocycles. The second-order valence-electron chi connectivity index (χ2n) is 2.12. The molecule has 11 heavy (non-hydrogen) atoms. The first-order valence-corrected chi connectivity index (χ1v) is 3.36. The number of hydrogen-bond acceptors (Lipinski definition) is 2. The van der Waals surface area contributed by atoms with Crippen LogP contribution in [0.2, 0.25) is 0 Å². The van der Waals surface area contributed by atoms with Crippen LogP contribution in [0.4, 0.5) is 5.69 Å². The topological polar surface area (TPSA) is 41.6 Å². The minimum atomic E-state index is 0.929. The standard InChI is InChI=1S/C8H11N3/c1-10-7-11(9)8-5-3-2-4-6-8/h2-7H,9H2,1H3. The van der Waals surface area contributed by atoms with Gasteiger partial charge < -0.3 is 0 Å². The quantitative estimate of drug-likeness (QED) is 0.295. The zero-order valence-electron chi connectivity index (χ0n) is 6.44. The lowest BCUT2D eigenvalue weighted by molar-refractivity contribution is 1.14. The number of anilines is 1. The van der Waals surface area contributed by atoms with E-state index in [4.69, 9.17) is 5.84 Å². The van der Waals surface area contributed by atoms with Gasteiger partial charge in [-0.2, -0.15) is 0 Å². The molecule has 0 aliphatic rings. The molecule has 0 aliphatic heterocycles. The Labute approximate surface area is 66.1 Å². The van der Waals surface area contributed by atoms with Crippen molar-refractivity contribution in [2.45, 2.75) is 0 Å². The predicted molar refractivity (Wildman–Crippen MR) is 47.5 cm³/mol. The second-order valence-corrected chi connectivity index (χ2v) is 2.12. The molecule has 0 saturated carbocycles. The lowest BCUT2D eigenvalue weighted by Crippen LogP contribution is -2.28. The third kappa shape index (κ3) is 2.05. The van der Waals surface area contributed by atoms with E-state index in [-0.39, 0.29) is 0 Å². The fraction of sp³-hybridized carbons (Fsp3) is 0.125. The maximum Gasteiger partial charge on any atom is 0.104 e. The average Bonchev–Trinajstić information content (AvgIpc) is 2.07. The summed E-state index contributed by atoms with van der Waals surface area (Å²) in [6.45, 7) is 0. The van der Waals surface area contributed by atoms with Crippen LogP contribution in [-0.4, -0.2) is 13.4 Å². The Bertz CT molecular complexity index is 230. The highest BCUT2D eigenvalue weighted by atomic mass is 15.4. The first-order valence-electron chi connectivity index (χ1n) is 3.36. The van der Waals surface area contributed by atoms with E-state index in [1.807, 2.05) is 30.3 Å². The molecule has 0 heterocycles. The fourth-order valence-electron chi connectivity index (χ4n) is 0.791. The highest BCUT2D eigenvalue weighted by Crippen LogP contribution is 2.06. The third-order valence-corrected chi connectivity index (χ3v) is 1.29. The molecule has 0 atom stereocenters.